The van der Waals surface area contributed by atoms with Crippen LogP contribution < -0.4 is 14.8 Å². The van der Waals surface area contributed by atoms with Crippen LogP contribution in [-0.2, 0) is 0 Å². The smallest absolute Gasteiger partial charge is 0.321 e. The summed E-state index contributed by atoms with van der Waals surface area (Å²) in [5, 5.41) is 2.91. The summed E-state index contributed by atoms with van der Waals surface area (Å²) in [4.78, 5) is 22.5. The third-order valence-electron chi connectivity index (χ3n) is 3.95. The van der Waals surface area contributed by atoms with Crippen LogP contribution in [0.15, 0.2) is 41.1 Å². The molecule has 1 unspecified atom stereocenters. The summed E-state index contributed by atoms with van der Waals surface area (Å²) in [6, 6.07) is 7.52. The second-order valence-corrected chi connectivity index (χ2v) is 6.82. The van der Waals surface area contributed by atoms with E-state index in [2.05, 4.69) is 31.2 Å². The van der Waals surface area contributed by atoms with Gasteiger partial charge < -0.3 is 19.7 Å². The van der Waals surface area contributed by atoms with Crippen molar-refractivity contribution in [3.05, 3.63) is 41.1 Å². The molecule has 8 heteroatoms. The molecule has 0 spiro atoms. The third-order valence-corrected chi connectivity index (χ3v) is 4.36. The Hall–Kier alpha value is -2.35. The summed E-state index contributed by atoms with van der Waals surface area (Å²) >= 11 is 3.29. The van der Waals surface area contributed by atoms with Crippen molar-refractivity contribution in [2.75, 3.05) is 25.0 Å². The number of anilines is 1. The molecule has 1 aliphatic rings. The van der Waals surface area contributed by atoms with Gasteiger partial charge in [-0.2, -0.15) is 0 Å². The van der Waals surface area contributed by atoms with Crippen molar-refractivity contribution in [2.24, 2.45) is 0 Å². The maximum absolute atomic E-state index is 12.5. The number of aromatic nitrogens is 2. The fraction of sp³-hybridized carbons (Fsp3) is 0.389. The van der Waals surface area contributed by atoms with Gasteiger partial charge in [0.25, 0.3) is 0 Å². The minimum absolute atomic E-state index is 0.115. The van der Waals surface area contributed by atoms with Crippen LogP contribution in [0.3, 0.4) is 0 Å². The van der Waals surface area contributed by atoms with Gasteiger partial charge in [0.15, 0.2) is 0 Å². The number of rotatable bonds is 5. The lowest BCUT2D eigenvalue weighted by atomic mass is 10.1. The fourth-order valence-electron chi connectivity index (χ4n) is 2.73. The highest BCUT2D eigenvalue weighted by atomic mass is 79.9. The van der Waals surface area contributed by atoms with Gasteiger partial charge in [0.2, 0.25) is 0 Å². The van der Waals surface area contributed by atoms with E-state index in [1.807, 2.05) is 31.2 Å². The van der Waals surface area contributed by atoms with Crippen LogP contribution in [0.5, 0.6) is 11.8 Å². The van der Waals surface area contributed by atoms with Crippen LogP contribution in [-0.4, -0.2) is 46.7 Å². The fourth-order valence-corrected chi connectivity index (χ4v) is 2.94. The first kappa shape index (κ1) is 18.4. The van der Waals surface area contributed by atoms with Crippen LogP contribution in [0, 0.1) is 0 Å². The van der Waals surface area contributed by atoms with Gasteiger partial charge in [0.05, 0.1) is 17.6 Å². The molecule has 2 heterocycles. The summed E-state index contributed by atoms with van der Waals surface area (Å²) in [6.07, 6.45) is 4.91. The minimum atomic E-state index is -0.140. The number of hydrogen-bond donors (Lipinski definition) is 1. The Morgan fingerprint density at radius 2 is 2.04 bits per heavy atom. The summed E-state index contributed by atoms with van der Waals surface area (Å²) in [6.45, 7) is 3.75. The van der Waals surface area contributed by atoms with E-state index in [0.717, 1.165) is 28.8 Å². The van der Waals surface area contributed by atoms with Crippen molar-refractivity contribution in [1.82, 2.24) is 14.9 Å². The quantitative estimate of drug-likeness (QED) is 0.797. The molecule has 7 nitrogen and oxygen atoms in total. The highest BCUT2D eigenvalue weighted by Crippen LogP contribution is 2.19. The topological polar surface area (TPSA) is 76.6 Å². The second kappa shape index (κ2) is 8.84. The van der Waals surface area contributed by atoms with E-state index in [4.69, 9.17) is 9.47 Å². The Bertz CT molecular complexity index is 724. The highest BCUT2D eigenvalue weighted by molar-refractivity contribution is 9.10. The van der Waals surface area contributed by atoms with E-state index in [0.29, 0.717) is 25.7 Å². The first-order valence-corrected chi connectivity index (χ1v) is 9.36. The second-order valence-electron chi connectivity index (χ2n) is 5.90. The molecule has 0 radical (unpaired) electrons. The predicted octanol–water partition coefficient (Wildman–Crippen LogP) is 3.71. The molecule has 2 aromatic rings. The Labute approximate surface area is 160 Å². The molecule has 138 valence electrons. The zero-order valence-electron chi connectivity index (χ0n) is 14.5. The van der Waals surface area contributed by atoms with Gasteiger partial charge in [0, 0.05) is 24.6 Å². The molecule has 1 fully saturated rings. The summed E-state index contributed by atoms with van der Waals surface area (Å²) < 4.78 is 12.0. The van der Waals surface area contributed by atoms with Crippen LogP contribution in [0.2, 0.25) is 0 Å². The van der Waals surface area contributed by atoms with E-state index in [1.165, 1.54) is 0 Å². The molecule has 1 aromatic heterocycles. The Morgan fingerprint density at radius 1 is 1.31 bits per heavy atom. The minimum Gasteiger partial charge on any atom is -0.494 e. The number of benzene rings is 1. The van der Waals surface area contributed by atoms with Crippen molar-refractivity contribution < 1.29 is 14.3 Å². The van der Waals surface area contributed by atoms with Gasteiger partial charge in [-0.3, -0.25) is 0 Å². The van der Waals surface area contributed by atoms with Gasteiger partial charge in [-0.25, -0.2) is 14.8 Å². The molecular weight excluding hydrogens is 400 g/mol. The van der Waals surface area contributed by atoms with Gasteiger partial charge in [-0.05, 0) is 60.0 Å². The van der Waals surface area contributed by atoms with Crippen LogP contribution >= 0.6 is 15.9 Å². The van der Waals surface area contributed by atoms with Gasteiger partial charge in [-0.1, -0.05) is 0 Å². The SMILES string of the molecule is CCOc1ccc(NC(=O)N2CCCC(Oc3ncc(Br)cn3)C2)cc1. The number of nitrogens with one attached hydrogen (secondary N) is 1. The summed E-state index contributed by atoms with van der Waals surface area (Å²) in [7, 11) is 0. The van der Waals surface area contributed by atoms with Crippen LogP contribution in [0.1, 0.15) is 19.8 Å². The monoisotopic (exact) mass is 420 g/mol. The van der Waals surface area contributed by atoms with Gasteiger partial charge >= 0.3 is 12.0 Å². The van der Waals surface area contributed by atoms with Crippen molar-refractivity contribution in [2.45, 2.75) is 25.9 Å². The zero-order chi connectivity index (χ0) is 18.4. The lowest BCUT2D eigenvalue weighted by Gasteiger charge is -2.32. The maximum Gasteiger partial charge on any atom is 0.321 e. The van der Waals surface area contributed by atoms with Gasteiger partial charge in [-0.15, -0.1) is 0 Å². The maximum atomic E-state index is 12.5. The molecule has 0 bridgehead atoms. The molecule has 1 aromatic carbocycles. The number of hydrogen-bond acceptors (Lipinski definition) is 5. The van der Waals surface area contributed by atoms with Crippen molar-refractivity contribution >= 4 is 27.6 Å². The number of amides is 2. The Balaban J connectivity index is 1.54. The predicted molar refractivity (Wildman–Crippen MR) is 102 cm³/mol. The molecule has 3 rings (SSSR count). The molecule has 1 atom stereocenters. The van der Waals surface area contributed by atoms with E-state index in [1.54, 1.807) is 17.3 Å². The van der Waals surface area contributed by atoms with E-state index >= 15 is 0 Å². The number of nitrogens with zero attached hydrogens (tertiary/aromatic N) is 3. The number of urea groups is 1. The number of carbonyl (C=O) groups excluding carboxylic acids is 1. The standard InChI is InChI=1S/C18H21BrN4O3/c1-2-25-15-7-5-14(6-8-15)22-18(24)23-9-3-4-16(12-23)26-17-20-10-13(19)11-21-17/h5-8,10-11,16H,2-4,9,12H2,1H3,(H,22,24). The normalized spacial score (nSPS) is 16.8. The molecule has 1 aliphatic heterocycles. The molecular formula is C18H21BrN4O3. The van der Waals surface area contributed by atoms with Crippen molar-refractivity contribution in [3.8, 4) is 11.8 Å². The lowest BCUT2D eigenvalue weighted by molar-refractivity contribution is 0.0982. The number of halogens is 1. The molecule has 1 saturated heterocycles. The number of ether oxygens (including phenoxy) is 2. The van der Waals surface area contributed by atoms with E-state index in [9.17, 15) is 4.79 Å². The molecule has 26 heavy (non-hydrogen) atoms. The van der Waals surface area contributed by atoms with Crippen LogP contribution in [0.4, 0.5) is 10.5 Å². The van der Waals surface area contributed by atoms with Gasteiger partial charge in [0.1, 0.15) is 11.9 Å². The van der Waals surface area contributed by atoms with E-state index in [-0.39, 0.29) is 12.1 Å². The molecule has 1 N–H and O–H groups in total. The highest BCUT2D eigenvalue weighted by Gasteiger charge is 2.25. The Kier molecular flexibility index (Phi) is 6.27. The van der Waals surface area contributed by atoms with Crippen LogP contribution in [0.25, 0.3) is 0 Å². The van der Waals surface area contributed by atoms with E-state index < -0.39 is 0 Å². The number of likely N-dealkylation sites (tertiary alicyclic amines) is 1. The average Bonchev–Trinajstić information content (AvgIpc) is 2.66. The Morgan fingerprint density at radius 3 is 2.73 bits per heavy atom. The average molecular weight is 421 g/mol. The largest absolute Gasteiger partial charge is 0.494 e. The summed E-state index contributed by atoms with van der Waals surface area (Å²) in [5.41, 5.74) is 0.734. The van der Waals surface area contributed by atoms with Crippen molar-refractivity contribution in [3.63, 3.8) is 0 Å². The molecule has 0 aliphatic carbocycles. The summed E-state index contributed by atoms with van der Waals surface area (Å²) in [5.74, 6) is 0.784. The number of carbonyl (C=O) groups is 1. The zero-order valence-corrected chi connectivity index (χ0v) is 16.1. The third kappa shape index (κ3) is 5.08. The molecule has 0 saturated carbocycles. The first-order chi connectivity index (χ1) is 12.6. The number of piperidine rings is 1. The first-order valence-electron chi connectivity index (χ1n) is 8.57. The lowest BCUT2D eigenvalue weighted by Crippen LogP contribution is -2.46. The van der Waals surface area contributed by atoms with Crippen molar-refractivity contribution in [1.29, 1.82) is 0 Å². The molecule has 2 amide bonds.